The highest BCUT2D eigenvalue weighted by Gasteiger charge is 2.53. The Labute approximate surface area is 90.4 Å². The molecule has 4 atom stereocenters. The molecule has 2 rings (SSSR count). The van der Waals surface area contributed by atoms with Crippen LogP contribution in [0.2, 0.25) is 0 Å². The van der Waals surface area contributed by atoms with E-state index in [-0.39, 0.29) is 18.2 Å². The van der Waals surface area contributed by atoms with Crippen LogP contribution in [0.1, 0.15) is 20.3 Å². The van der Waals surface area contributed by atoms with Gasteiger partial charge in [0.2, 0.25) is 10.0 Å². The minimum Gasteiger partial charge on any atom is -0.376 e. The lowest BCUT2D eigenvalue weighted by Gasteiger charge is -2.45. The van der Waals surface area contributed by atoms with Crippen molar-refractivity contribution in [3.05, 3.63) is 0 Å². The third-order valence-electron chi connectivity index (χ3n) is 3.37. The third kappa shape index (κ3) is 1.80. The van der Waals surface area contributed by atoms with Gasteiger partial charge in [-0.05, 0) is 20.3 Å². The van der Waals surface area contributed by atoms with E-state index in [4.69, 9.17) is 10.5 Å². The van der Waals surface area contributed by atoms with Crippen LogP contribution in [0.25, 0.3) is 0 Å². The highest BCUT2D eigenvalue weighted by molar-refractivity contribution is 7.90. The van der Waals surface area contributed by atoms with E-state index in [1.807, 2.05) is 0 Å². The number of hydrogen-bond donors (Lipinski definition) is 2. The monoisotopic (exact) mass is 234 g/mol. The van der Waals surface area contributed by atoms with Crippen molar-refractivity contribution in [1.29, 1.82) is 0 Å². The molecule has 15 heavy (non-hydrogen) atoms. The van der Waals surface area contributed by atoms with Crippen molar-refractivity contribution in [2.24, 2.45) is 11.7 Å². The molecule has 0 aromatic heterocycles. The van der Waals surface area contributed by atoms with E-state index >= 15 is 0 Å². The van der Waals surface area contributed by atoms with Gasteiger partial charge in [0.15, 0.2) is 0 Å². The Morgan fingerprint density at radius 3 is 2.73 bits per heavy atom. The molecule has 1 aliphatic carbocycles. The lowest BCUT2D eigenvalue weighted by atomic mass is 9.73. The Morgan fingerprint density at radius 1 is 1.47 bits per heavy atom. The molecule has 1 saturated carbocycles. The molecule has 0 spiro atoms. The van der Waals surface area contributed by atoms with Gasteiger partial charge in [-0.3, -0.25) is 0 Å². The molecule has 0 aromatic rings. The average Bonchev–Trinajstić information content (AvgIpc) is 2.58. The summed E-state index contributed by atoms with van der Waals surface area (Å²) in [4.78, 5) is 0. The molecule has 2 fully saturated rings. The van der Waals surface area contributed by atoms with Gasteiger partial charge in [-0.25, -0.2) is 13.1 Å². The van der Waals surface area contributed by atoms with Gasteiger partial charge in [-0.2, -0.15) is 0 Å². The van der Waals surface area contributed by atoms with Gasteiger partial charge in [-0.1, -0.05) is 0 Å². The first kappa shape index (κ1) is 11.3. The zero-order chi connectivity index (χ0) is 11.2. The van der Waals surface area contributed by atoms with Gasteiger partial charge in [0.25, 0.3) is 0 Å². The fourth-order valence-electron chi connectivity index (χ4n) is 2.22. The number of ether oxygens (including phenoxy) is 1. The topological polar surface area (TPSA) is 81.4 Å². The highest BCUT2D eigenvalue weighted by atomic mass is 32.2. The minimum absolute atomic E-state index is 0.00600. The first-order valence-corrected chi connectivity index (χ1v) is 6.86. The van der Waals surface area contributed by atoms with Crippen LogP contribution in [-0.2, 0) is 14.8 Å². The third-order valence-corrected chi connectivity index (χ3v) is 5.21. The molecule has 5 nitrogen and oxygen atoms in total. The molecule has 0 radical (unpaired) electrons. The fraction of sp³-hybridized carbons (Fsp3) is 1.00. The predicted molar refractivity (Wildman–Crippen MR) is 56.8 cm³/mol. The summed E-state index contributed by atoms with van der Waals surface area (Å²) in [6.45, 7) is 4.00. The maximum atomic E-state index is 11.6. The van der Waals surface area contributed by atoms with Crippen LogP contribution in [0.4, 0.5) is 0 Å². The van der Waals surface area contributed by atoms with Crippen LogP contribution in [0.15, 0.2) is 0 Å². The minimum atomic E-state index is -3.24. The van der Waals surface area contributed by atoms with Crippen molar-refractivity contribution in [2.75, 3.05) is 6.61 Å². The van der Waals surface area contributed by atoms with E-state index in [1.54, 1.807) is 13.8 Å². The van der Waals surface area contributed by atoms with Crippen molar-refractivity contribution in [3.63, 3.8) is 0 Å². The van der Waals surface area contributed by atoms with Crippen LogP contribution in [0.5, 0.6) is 0 Å². The Kier molecular flexibility index (Phi) is 2.79. The van der Waals surface area contributed by atoms with Crippen LogP contribution in [-0.4, -0.2) is 38.5 Å². The van der Waals surface area contributed by atoms with Crippen molar-refractivity contribution in [2.45, 2.75) is 43.7 Å². The Bertz CT molecular complexity index is 341. The molecule has 3 N–H and O–H groups in total. The molecule has 0 amide bonds. The Morgan fingerprint density at radius 2 is 2.13 bits per heavy atom. The van der Waals surface area contributed by atoms with E-state index in [9.17, 15) is 8.42 Å². The van der Waals surface area contributed by atoms with Crippen LogP contribution in [0.3, 0.4) is 0 Å². The van der Waals surface area contributed by atoms with E-state index in [0.717, 1.165) is 6.42 Å². The highest BCUT2D eigenvalue weighted by Crippen LogP contribution is 2.38. The molecule has 6 heteroatoms. The number of rotatable bonds is 3. The summed E-state index contributed by atoms with van der Waals surface area (Å²) in [6, 6.07) is -0.323. The fourth-order valence-corrected chi connectivity index (χ4v) is 3.16. The first-order valence-electron chi connectivity index (χ1n) is 5.32. The quantitative estimate of drug-likeness (QED) is 0.685. The SMILES string of the molecule is CC(C)S(=O)(=O)NC1C(N)C2CCOC21. The first-order chi connectivity index (χ1) is 6.93. The van der Waals surface area contributed by atoms with E-state index < -0.39 is 15.3 Å². The molecule has 1 heterocycles. The van der Waals surface area contributed by atoms with Crippen molar-refractivity contribution in [3.8, 4) is 0 Å². The summed E-state index contributed by atoms with van der Waals surface area (Å²) in [5.74, 6) is 0.338. The number of hydrogen-bond acceptors (Lipinski definition) is 4. The maximum Gasteiger partial charge on any atom is 0.214 e. The summed E-state index contributed by atoms with van der Waals surface area (Å²) in [5, 5.41) is -0.426. The summed E-state index contributed by atoms with van der Waals surface area (Å²) in [7, 11) is -3.24. The van der Waals surface area contributed by atoms with Crippen molar-refractivity contribution < 1.29 is 13.2 Å². The standard InChI is InChI=1S/C9H18N2O3S/c1-5(2)15(12,13)11-8-7(10)6-3-4-14-9(6)8/h5-9,11H,3-4,10H2,1-2H3. The van der Waals surface area contributed by atoms with E-state index in [1.165, 1.54) is 0 Å². The number of sulfonamides is 1. The smallest absolute Gasteiger partial charge is 0.214 e. The molecule has 0 aromatic carbocycles. The van der Waals surface area contributed by atoms with Gasteiger partial charge >= 0.3 is 0 Å². The summed E-state index contributed by atoms with van der Waals surface area (Å²) >= 11 is 0. The second kappa shape index (κ2) is 3.69. The van der Waals surface area contributed by atoms with Gasteiger partial charge < -0.3 is 10.5 Å². The number of nitrogens with one attached hydrogen (secondary N) is 1. The Balaban J connectivity index is 2.02. The van der Waals surface area contributed by atoms with Crippen LogP contribution < -0.4 is 10.5 Å². The normalized spacial score (nSPS) is 40.3. The van der Waals surface area contributed by atoms with Crippen LogP contribution in [0, 0.1) is 5.92 Å². The van der Waals surface area contributed by atoms with Crippen molar-refractivity contribution in [1.82, 2.24) is 4.72 Å². The lowest BCUT2D eigenvalue weighted by Crippen LogP contribution is -2.69. The van der Waals surface area contributed by atoms with E-state index in [0.29, 0.717) is 12.5 Å². The van der Waals surface area contributed by atoms with Gasteiger partial charge in [0, 0.05) is 18.6 Å². The average molecular weight is 234 g/mol. The van der Waals surface area contributed by atoms with Gasteiger partial charge in [0.1, 0.15) is 0 Å². The van der Waals surface area contributed by atoms with Gasteiger partial charge in [0.05, 0.1) is 17.4 Å². The molecular formula is C9H18N2O3S. The largest absolute Gasteiger partial charge is 0.376 e. The molecule has 1 aliphatic heterocycles. The lowest BCUT2D eigenvalue weighted by molar-refractivity contribution is -0.00930. The zero-order valence-electron chi connectivity index (χ0n) is 9.01. The second-order valence-electron chi connectivity index (χ2n) is 4.60. The molecule has 88 valence electrons. The molecule has 1 saturated heterocycles. The zero-order valence-corrected chi connectivity index (χ0v) is 9.83. The Hall–Kier alpha value is -0.170. The van der Waals surface area contributed by atoms with Crippen molar-refractivity contribution >= 4 is 10.0 Å². The van der Waals surface area contributed by atoms with E-state index in [2.05, 4.69) is 4.72 Å². The second-order valence-corrected chi connectivity index (χ2v) is 6.87. The maximum absolute atomic E-state index is 11.6. The number of nitrogens with two attached hydrogens (primary N) is 1. The van der Waals surface area contributed by atoms with Crippen LogP contribution >= 0.6 is 0 Å². The summed E-state index contributed by atoms with van der Waals surface area (Å²) in [6.07, 6.45) is 0.944. The molecular weight excluding hydrogens is 216 g/mol. The molecule has 2 aliphatic rings. The van der Waals surface area contributed by atoms with Gasteiger partial charge in [-0.15, -0.1) is 0 Å². The summed E-state index contributed by atoms with van der Waals surface area (Å²) < 4.78 is 31.4. The summed E-state index contributed by atoms with van der Waals surface area (Å²) in [5.41, 5.74) is 5.91. The predicted octanol–water partition coefficient (Wildman–Crippen LogP) is -0.571. The molecule has 0 bridgehead atoms. The number of fused-ring (bicyclic) bond motifs is 1. The molecule has 4 unspecified atom stereocenters.